The van der Waals surface area contributed by atoms with Gasteiger partial charge in [0, 0.05) is 19.6 Å². The molecule has 0 aromatic heterocycles. The van der Waals surface area contributed by atoms with E-state index in [1.165, 1.54) is 0 Å². The molecule has 0 radical (unpaired) electrons. The topological polar surface area (TPSA) is 98.7 Å². The first kappa shape index (κ1) is 15.0. The number of aryl methyl sites for hydroxylation is 1. The van der Waals surface area contributed by atoms with Gasteiger partial charge in [-0.25, -0.2) is 9.59 Å². The molecule has 6 heteroatoms. The van der Waals surface area contributed by atoms with Crippen LogP contribution in [-0.2, 0) is 11.3 Å². The van der Waals surface area contributed by atoms with E-state index in [9.17, 15) is 9.59 Å². The zero-order chi connectivity index (χ0) is 14.3. The highest BCUT2D eigenvalue weighted by molar-refractivity contribution is 5.82. The summed E-state index contributed by atoms with van der Waals surface area (Å²) in [6.45, 7) is 1.96. The molecule has 19 heavy (non-hydrogen) atoms. The molecule has 0 aliphatic carbocycles. The van der Waals surface area contributed by atoms with E-state index in [0.717, 1.165) is 11.1 Å². The molecule has 4 N–H and O–H groups in total. The molecule has 0 aliphatic heterocycles. The molecule has 1 aromatic rings. The van der Waals surface area contributed by atoms with E-state index in [0.29, 0.717) is 6.54 Å². The van der Waals surface area contributed by atoms with Crippen LogP contribution in [0.5, 0.6) is 0 Å². The molecule has 0 saturated carbocycles. The van der Waals surface area contributed by atoms with Gasteiger partial charge in [0.25, 0.3) is 0 Å². The van der Waals surface area contributed by atoms with Crippen LogP contribution in [0.15, 0.2) is 24.3 Å². The van der Waals surface area contributed by atoms with Gasteiger partial charge in [-0.15, -0.1) is 0 Å². The molecular formula is C13H18N2O4. The van der Waals surface area contributed by atoms with Crippen LogP contribution in [0.25, 0.3) is 0 Å². The normalized spacial score (nSPS) is 11.7. The molecule has 0 bridgehead atoms. The van der Waals surface area contributed by atoms with Crippen LogP contribution in [0.1, 0.15) is 17.5 Å². The van der Waals surface area contributed by atoms with Crippen molar-refractivity contribution in [2.24, 2.45) is 0 Å². The summed E-state index contributed by atoms with van der Waals surface area (Å²) < 4.78 is 0. The molecule has 0 fully saturated rings. The summed E-state index contributed by atoms with van der Waals surface area (Å²) in [5.41, 5.74) is 2.01. The first-order valence-electron chi connectivity index (χ1n) is 5.97. The molecule has 6 nitrogen and oxygen atoms in total. The van der Waals surface area contributed by atoms with Gasteiger partial charge in [-0.05, 0) is 18.1 Å². The lowest BCUT2D eigenvalue weighted by molar-refractivity contribution is -0.139. The third kappa shape index (κ3) is 4.97. The number of hydrogen-bond donors (Lipinski definition) is 4. The van der Waals surface area contributed by atoms with Gasteiger partial charge in [-0.3, -0.25) is 0 Å². The Kier molecular flexibility index (Phi) is 5.81. The molecule has 0 spiro atoms. The smallest absolute Gasteiger partial charge is 0.326 e. The van der Waals surface area contributed by atoms with Crippen molar-refractivity contribution in [1.82, 2.24) is 10.6 Å². The number of benzene rings is 1. The van der Waals surface area contributed by atoms with Gasteiger partial charge in [0.05, 0.1) is 0 Å². The SMILES string of the molecule is Cc1ccccc1CNC(=O)NC(CCO)C(=O)O. The molecule has 2 amide bonds. The van der Waals surface area contributed by atoms with Crippen LogP contribution >= 0.6 is 0 Å². The van der Waals surface area contributed by atoms with E-state index in [4.69, 9.17) is 10.2 Å². The Morgan fingerprint density at radius 2 is 2.00 bits per heavy atom. The van der Waals surface area contributed by atoms with E-state index in [1.54, 1.807) is 0 Å². The summed E-state index contributed by atoms with van der Waals surface area (Å²) in [7, 11) is 0. The fourth-order valence-corrected chi connectivity index (χ4v) is 1.58. The first-order valence-corrected chi connectivity index (χ1v) is 5.97. The molecule has 0 saturated heterocycles. The molecule has 0 aliphatic rings. The number of carboxylic acids is 1. The highest BCUT2D eigenvalue weighted by atomic mass is 16.4. The minimum atomic E-state index is -1.17. The first-order chi connectivity index (χ1) is 9.04. The Morgan fingerprint density at radius 3 is 2.58 bits per heavy atom. The van der Waals surface area contributed by atoms with E-state index in [1.807, 2.05) is 31.2 Å². The highest BCUT2D eigenvalue weighted by Gasteiger charge is 2.18. The third-order valence-corrected chi connectivity index (χ3v) is 2.72. The van der Waals surface area contributed by atoms with Gasteiger partial charge in [0.1, 0.15) is 6.04 Å². The van der Waals surface area contributed by atoms with Crippen molar-refractivity contribution in [3.63, 3.8) is 0 Å². The van der Waals surface area contributed by atoms with Crippen molar-refractivity contribution >= 4 is 12.0 Å². The minimum Gasteiger partial charge on any atom is -0.480 e. The molecule has 1 atom stereocenters. The summed E-state index contributed by atoms with van der Waals surface area (Å²) in [5.74, 6) is -1.17. The molecular weight excluding hydrogens is 248 g/mol. The van der Waals surface area contributed by atoms with E-state index in [2.05, 4.69) is 10.6 Å². The van der Waals surface area contributed by atoms with Crippen LogP contribution < -0.4 is 10.6 Å². The average molecular weight is 266 g/mol. The maximum atomic E-state index is 11.6. The van der Waals surface area contributed by atoms with Gasteiger partial charge >= 0.3 is 12.0 Å². The zero-order valence-corrected chi connectivity index (χ0v) is 10.7. The van der Waals surface area contributed by atoms with Crippen molar-refractivity contribution in [2.45, 2.75) is 25.9 Å². The summed E-state index contributed by atoms with van der Waals surface area (Å²) in [6.07, 6.45) is -0.0207. The maximum absolute atomic E-state index is 11.6. The number of nitrogens with one attached hydrogen (secondary N) is 2. The van der Waals surface area contributed by atoms with E-state index >= 15 is 0 Å². The minimum absolute atomic E-state index is 0.0207. The predicted molar refractivity (Wildman–Crippen MR) is 69.7 cm³/mol. The van der Waals surface area contributed by atoms with Crippen LogP contribution in [0.2, 0.25) is 0 Å². The summed E-state index contributed by atoms with van der Waals surface area (Å²) in [5, 5.41) is 22.4. The molecule has 1 rings (SSSR count). The van der Waals surface area contributed by atoms with Crippen molar-refractivity contribution in [1.29, 1.82) is 0 Å². The highest BCUT2D eigenvalue weighted by Crippen LogP contribution is 2.05. The van der Waals surface area contributed by atoms with Crippen molar-refractivity contribution in [2.75, 3.05) is 6.61 Å². The van der Waals surface area contributed by atoms with Gasteiger partial charge in [0.15, 0.2) is 0 Å². The van der Waals surface area contributed by atoms with Crippen molar-refractivity contribution in [3.8, 4) is 0 Å². The van der Waals surface area contributed by atoms with Crippen LogP contribution in [-0.4, -0.2) is 34.9 Å². The number of carbonyl (C=O) groups is 2. The van der Waals surface area contributed by atoms with Crippen LogP contribution in [0.4, 0.5) is 4.79 Å². The predicted octanol–water partition coefficient (Wildman–Crippen LogP) is 0.630. The van der Waals surface area contributed by atoms with E-state index < -0.39 is 18.0 Å². The number of aliphatic hydroxyl groups is 1. The number of carbonyl (C=O) groups excluding carboxylic acids is 1. The van der Waals surface area contributed by atoms with E-state index in [-0.39, 0.29) is 13.0 Å². The number of hydrogen-bond acceptors (Lipinski definition) is 3. The Morgan fingerprint density at radius 1 is 1.32 bits per heavy atom. The second-order valence-corrected chi connectivity index (χ2v) is 4.16. The van der Waals surface area contributed by atoms with Crippen LogP contribution in [0.3, 0.4) is 0 Å². The molecule has 1 aromatic carbocycles. The Balaban J connectivity index is 2.47. The molecule has 1 unspecified atom stereocenters. The second kappa shape index (κ2) is 7.38. The Labute approximate surface area is 111 Å². The summed E-state index contributed by atoms with van der Waals surface area (Å²) in [6, 6.07) is 5.94. The summed E-state index contributed by atoms with van der Waals surface area (Å²) >= 11 is 0. The number of rotatable bonds is 6. The van der Waals surface area contributed by atoms with Gasteiger partial charge in [0.2, 0.25) is 0 Å². The number of amides is 2. The standard InChI is InChI=1S/C13H18N2O4/c1-9-4-2-3-5-10(9)8-14-13(19)15-11(6-7-16)12(17)18/h2-5,11,16H,6-8H2,1H3,(H,17,18)(H2,14,15,19). The number of carboxylic acid groups (broad SMARTS) is 1. The number of aliphatic hydroxyl groups excluding tert-OH is 1. The lowest BCUT2D eigenvalue weighted by Gasteiger charge is -2.14. The molecule has 0 heterocycles. The Bertz CT molecular complexity index is 448. The maximum Gasteiger partial charge on any atom is 0.326 e. The number of urea groups is 1. The van der Waals surface area contributed by atoms with Gasteiger partial charge in [-0.1, -0.05) is 24.3 Å². The zero-order valence-electron chi connectivity index (χ0n) is 10.7. The van der Waals surface area contributed by atoms with Gasteiger partial charge < -0.3 is 20.8 Å². The summed E-state index contributed by atoms with van der Waals surface area (Å²) in [4.78, 5) is 22.3. The van der Waals surface area contributed by atoms with Crippen molar-refractivity contribution < 1.29 is 19.8 Å². The van der Waals surface area contributed by atoms with Gasteiger partial charge in [-0.2, -0.15) is 0 Å². The lowest BCUT2D eigenvalue weighted by atomic mass is 10.1. The second-order valence-electron chi connectivity index (χ2n) is 4.16. The average Bonchev–Trinajstić information content (AvgIpc) is 2.37. The Hall–Kier alpha value is -2.08. The fraction of sp³-hybridized carbons (Fsp3) is 0.385. The van der Waals surface area contributed by atoms with Crippen molar-refractivity contribution in [3.05, 3.63) is 35.4 Å². The third-order valence-electron chi connectivity index (χ3n) is 2.72. The molecule has 104 valence electrons. The quantitative estimate of drug-likeness (QED) is 0.607. The lowest BCUT2D eigenvalue weighted by Crippen LogP contribution is -2.46. The van der Waals surface area contributed by atoms with Crippen LogP contribution in [0, 0.1) is 6.92 Å². The monoisotopic (exact) mass is 266 g/mol. The fourth-order valence-electron chi connectivity index (χ4n) is 1.58. The largest absolute Gasteiger partial charge is 0.480 e. The number of aliphatic carboxylic acids is 1.